The summed E-state index contributed by atoms with van der Waals surface area (Å²) in [4.78, 5) is 4.47. The van der Waals surface area contributed by atoms with Gasteiger partial charge in [0, 0.05) is 24.4 Å². The monoisotopic (exact) mass is 336 g/mol. The summed E-state index contributed by atoms with van der Waals surface area (Å²) in [6.45, 7) is 17.1. The zero-order valence-corrected chi connectivity index (χ0v) is 17.4. The summed E-state index contributed by atoms with van der Waals surface area (Å²) in [5, 5.41) is 0. The predicted molar refractivity (Wildman–Crippen MR) is 109 cm³/mol. The van der Waals surface area contributed by atoms with Crippen LogP contribution in [0.4, 0.5) is 0 Å². The van der Waals surface area contributed by atoms with Gasteiger partial charge in [0.25, 0.3) is 0 Å². The molecule has 2 aliphatic heterocycles. The molecule has 0 aliphatic carbocycles. The molecule has 1 fully saturated rings. The molecule has 2 atom stereocenters. The van der Waals surface area contributed by atoms with Crippen molar-refractivity contribution < 1.29 is 0 Å². The smallest absolute Gasteiger partial charge is 0.0730 e. The second-order valence-electron chi connectivity index (χ2n) is 5.70. The van der Waals surface area contributed by atoms with Gasteiger partial charge in [-0.3, -0.25) is 9.66 Å². The number of fused-ring (bicyclic) bond motifs is 1. The fraction of sp³-hybridized carbons (Fsp3) is 0.650. The summed E-state index contributed by atoms with van der Waals surface area (Å²) in [6, 6.07) is 8.79. The van der Waals surface area contributed by atoms with Crippen LogP contribution < -0.4 is 0 Å². The topological polar surface area (TPSA) is 15.6 Å². The molecule has 132 valence electrons. The number of benzene rings is 1. The van der Waals surface area contributed by atoms with Crippen LogP contribution in [0.1, 0.15) is 78.5 Å². The van der Waals surface area contributed by atoms with Crippen molar-refractivity contribution in [2.75, 3.05) is 13.1 Å². The standard InChI is InChI=1S/C10H11N.C6H14NP.2C2H6/c1-7-9-5-3-4-6-10(9)8(2)11-7;1-6-2-4-7(8)5-3-6;2*1-2/h3-7H,1-2H3;6H,2-5,8H2,1H3;2*1-2H3. The Balaban J connectivity index is 0.000000358. The molecule has 1 aromatic rings. The minimum atomic E-state index is 0.367. The normalized spacial score (nSPS) is 19.8. The lowest BCUT2D eigenvalue weighted by molar-refractivity contribution is 0.307. The quantitative estimate of drug-likeness (QED) is 0.520. The molecule has 0 spiro atoms. The summed E-state index contributed by atoms with van der Waals surface area (Å²) >= 11 is 0. The zero-order valence-electron chi connectivity index (χ0n) is 16.3. The van der Waals surface area contributed by atoms with Crippen molar-refractivity contribution in [2.24, 2.45) is 10.9 Å². The molecular weight excluding hydrogens is 299 g/mol. The van der Waals surface area contributed by atoms with Gasteiger partial charge >= 0.3 is 0 Å². The van der Waals surface area contributed by atoms with Gasteiger partial charge in [0.1, 0.15) is 0 Å². The van der Waals surface area contributed by atoms with Gasteiger partial charge in [-0.15, -0.1) is 0 Å². The van der Waals surface area contributed by atoms with E-state index < -0.39 is 0 Å². The molecule has 0 radical (unpaired) electrons. The highest BCUT2D eigenvalue weighted by Gasteiger charge is 2.16. The van der Waals surface area contributed by atoms with E-state index in [9.17, 15) is 0 Å². The number of hydrogen-bond acceptors (Lipinski definition) is 2. The number of piperidine rings is 1. The molecule has 2 heterocycles. The fourth-order valence-electron chi connectivity index (χ4n) is 2.65. The van der Waals surface area contributed by atoms with Crippen LogP contribution in [0.5, 0.6) is 0 Å². The van der Waals surface area contributed by atoms with Gasteiger partial charge in [-0.25, -0.2) is 0 Å². The summed E-state index contributed by atoms with van der Waals surface area (Å²) in [6.07, 6.45) is 2.76. The van der Waals surface area contributed by atoms with Crippen LogP contribution in [-0.2, 0) is 0 Å². The summed E-state index contributed by atoms with van der Waals surface area (Å²) in [5.74, 6) is 0.965. The highest BCUT2D eigenvalue weighted by atomic mass is 31.0. The SMILES string of the molecule is CC.CC.CC1=NC(C)c2ccccc21.CC1CCN(P)CC1. The number of aliphatic imine (C=N–C) groups is 1. The average Bonchev–Trinajstić information content (AvgIpc) is 2.90. The Morgan fingerprint density at radius 2 is 1.52 bits per heavy atom. The van der Waals surface area contributed by atoms with E-state index in [1.54, 1.807) is 0 Å². The van der Waals surface area contributed by atoms with E-state index >= 15 is 0 Å². The van der Waals surface area contributed by atoms with E-state index in [2.05, 4.69) is 64.1 Å². The first-order chi connectivity index (χ1) is 11.1. The maximum atomic E-state index is 4.47. The first-order valence-corrected chi connectivity index (χ1v) is 9.73. The van der Waals surface area contributed by atoms with Crippen LogP contribution in [-0.4, -0.2) is 23.5 Å². The molecule has 0 aromatic heterocycles. The molecule has 3 rings (SSSR count). The Morgan fingerprint density at radius 1 is 1.00 bits per heavy atom. The second-order valence-corrected chi connectivity index (χ2v) is 6.43. The van der Waals surface area contributed by atoms with Gasteiger partial charge in [0.2, 0.25) is 0 Å². The second kappa shape index (κ2) is 12.7. The number of nitrogens with zero attached hydrogens (tertiary/aromatic N) is 2. The summed E-state index contributed by atoms with van der Waals surface area (Å²) in [5.41, 5.74) is 3.86. The highest BCUT2D eigenvalue weighted by Crippen LogP contribution is 2.28. The molecule has 3 heteroatoms. The van der Waals surface area contributed by atoms with Crippen molar-refractivity contribution in [3.63, 3.8) is 0 Å². The molecule has 1 saturated heterocycles. The minimum Gasteiger partial charge on any atom is -0.287 e. The fourth-order valence-corrected chi connectivity index (χ4v) is 2.95. The van der Waals surface area contributed by atoms with Crippen LogP contribution in [0.2, 0.25) is 0 Å². The molecule has 2 aliphatic rings. The van der Waals surface area contributed by atoms with E-state index in [-0.39, 0.29) is 0 Å². The van der Waals surface area contributed by atoms with E-state index in [0.29, 0.717) is 6.04 Å². The molecule has 2 nitrogen and oxygen atoms in total. The number of rotatable bonds is 0. The molecule has 0 N–H and O–H groups in total. The first kappa shape index (κ1) is 22.3. The largest absolute Gasteiger partial charge is 0.287 e. The third-order valence-electron chi connectivity index (χ3n) is 4.01. The van der Waals surface area contributed by atoms with Gasteiger partial charge in [-0.2, -0.15) is 0 Å². The molecule has 1 aromatic carbocycles. The summed E-state index contributed by atoms with van der Waals surface area (Å²) < 4.78 is 2.32. The lowest BCUT2D eigenvalue weighted by Gasteiger charge is -2.25. The first-order valence-electron chi connectivity index (χ1n) is 9.21. The Bertz CT molecular complexity index is 439. The zero-order chi connectivity index (χ0) is 17.8. The van der Waals surface area contributed by atoms with E-state index in [1.807, 2.05) is 27.7 Å². The molecule has 0 saturated carbocycles. The Hall–Kier alpha value is -0.720. The van der Waals surface area contributed by atoms with Gasteiger partial charge in [0.05, 0.1) is 6.04 Å². The average molecular weight is 337 g/mol. The number of hydrogen-bond donors (Lipinski definition) is 0. The third-order valence-corrected chi connectivity index (χ3v) is 4.52. The van der Waals surface area contributed by atoms with Gasteiger partial charge in [-0.05, 0) is 38.2 Å². The molecule has 0 bridgehead atoms. The van der Waals surface area contributed by atoms with Gasteiger partial charge < -0.3 is 0 Å². The van der Waals surface area contributed by atoms with Crippen LogP contribution in [0, 0.1) is 5.92 Å². The minimum absolute atomic E-state index is 0.367. The maximum absolute atomic E-state index is 4.47. The van der Waals surface area contributed by atoms with Crippen LogP contribution in [0.25, 0.3) is 0 Å². The Labute approximate surface area is 147 Å². The third kappa shape index (κ3) is 7.59. The van der Waals surface area contributed by atoms with Crippen molar-refractivity contribution in [3.8, 4) is 0 Å². The molecule has 23 heavy (non-hydrogen) atoms. The van der Waals surface area contributed by atoms with E-state index in [0.717, 1.165) is 5.92 Å². The Kier molecular flexibility index (Phi) is 12.3. The molecular formula is C20H37N2P. The van der Waals surface area contributed by atoms with Crippen LogP contribution in [0.3, 0.4) is 0 Å². The lowest BCUT2D eigenvalue weighted by Crippen LogP contribution is -2.24. The van der Waals surface area contributed by atoms with Crippen molar-refractivity contribution in [3.05, 3.63) is 35.4 Å². The van der Waals surface area contributed by atoms with Crippen molar-refractivity contribution in [1.29, 1.82) is 0 Å². The van der Waals surface area contributed by atoms with Crippen LogP contribution >= 0.6 is 9.39 Å². The van der Waals surface area contributed by atoms with Crippen LogP contribution in [0.15, 0.2) is 29.3 Å². The predicted octanol–water partition coefficient (Wildman–Crippen LogP) is 6.13. The Morgan fingerprint density at radius 3 is 2.00 bits per heavy atom. The highest BCUT2D eigenvalue weighted by molar-refractivity contribution is 7.13. The van der Waals surface area contributed by atoms with E-state index in [4.69, 9.17) is 0 Å². The van der Waals surface area contributed by atoms with E-state index in [1.165, 1.54) is 42.8 Å². The lowest BCUT2D eigenvalue weighted by atomic mass is 10.0. The summed E-state index contributed by atoms with van der Waals surface area (Å²) in [7, 11) is 2.76. The molecule has 0 amide bonds. The maximum Gasteiger partial charge on any atom is 0.0730 e. The van der Waals surface area contributed by atoms with Gasteiger partial charge in [0.15, 0.2) is 0 Å². The van der Waals surface area contributed by atoms with Crippen molar-refractivity contribution in [1.82, 2.24) is 4.67 Å². The van der Waals surface area contributed by atoms with Crippen molar-refractivity contribution in [2.45, 2.75) is 67.3 Å². The van der Waals surface area contributed by atoms with Gasteiger partial charge in [-0.1, -0.05) is 68.3 Å². The molecule has 2 unspecified atom stereocenters. The van der Waals surface area contributed by atoms with Crippen molar-refractivity contribution >= 4 is 15.1 Å².